The lowest BCUT2D eigenvalue weighted by molar-refractivity contribution is 0.0306. The largest absolute Gasteiger partial charge is 0.492 e. The van der Waals surface area contributed by atoms with Crippen LogP contribution in [0.2, 0.25) is 0 Å². The Hall–Kier alpha value is -3.60. The van der Waals surface area contributed by atoms with Crippen molar-refractivity contribution < 1.29 is 38.4 Å². The Morgan fingerprint density at radius 3 is 1.85 bits per heavy atom. The highest BCUT2D eigenvalue weighted by molar-refractivity contribution is 9.10. The first kappa shape index (κ1) is 36.2. The fourth-order valence-corrected chi connectivity index (χ4v) is 5.13. The van der Waals surface area contributed by atoms with E-state index in [9.17, 15) is 9.59 Å². The Morgan fingerprint density at radius 2 is 1.32 bits per heavy atom. The third-order valence-corrected chi connectivity index (χ3v) is 7.72. The molecule has 6 heterocycles. The van der Waals surface area contributed by atoms with E-state index in [-0.39, 0.29) is 18.5 Å². The molecule has 2 aliphatic rings. The van der Waals surface area contributed by atoms with Crippen LogP contribution in [0.4, 0.5) is 0 Å². The molecule has 1 N–H and O–H groups in total. The van der Waals surface area contributed by atoms with Crippen molar-refractivity contribution in [3.63, 3.8) is 0 Å². The maximum atomic E-state index is 11.8. The van der Waals surface area contributed by atoms with Gasteiger partial charge in [0, 0.05) is 62.2 Å². The summed E-state index contributed by atoms with van der Waals surface area (Å²) in [6.45, 7) is 13.9. The van der Waals surface area contributed by atoms with Crippen molar-refractivity contribution >= 4 is 39.2 Å². The van der Waals surface area contributed by atoms with Crippen LogP contribution in [0.25, 0.3) is 11.3 Å². The van der Waals surface area contributed by atoms with Gasteiger partial charge in [-0.2, -0.15) is 0 Å². The van der Waals surface area contributed by atoms with Gasteiger partial charge in [-0.25, -0.2) is 19.6 Å². The lowest BCUT2D eigenvalue weighted by Gasteiger charge is -2.26. The lowest BCUT2D eigenvalue weighted by Crippen LogP contribution is -2.38. The van der Waals surface area contributed by atoms with Gasteiger partial charge in [-0.15, -0.1) is 0 Å². The van der Waals surface area contributed by atoms with E-state index in [0.717, 1.165) is 75.9 Å². The number of hydrogen-bond donors (Lipinski definition) is 1. The zero-order valence-corrected chi connectivity index (χ0v) is 28.5. The highest BCUT2D eigenvalue weighted by Crippen LogP contribution is 2.17. The average molecular weight is 720 g/mol. The van der Waals surface area contributed by atoms with Crippen molar-refractivity contribution in [3.8, 4) is 5.75 Å². The van der Waals surface area contributed by atoms with E-state index in [1.54, 1.807) is 35.0 Å². The topological polar surface area (TPSA) is 142 Å². The second-order valence-corrected chi connectivity index (χ2v) is 11.3. The number of aromatic nitrogens is 4. The number of halogens is 1. The molecule has 0 aliphatic carbocycles. The number of carbonyl (C=O) groups excluding carboxylic acids is 2. The third-order valence-electron chi connectivity index (χ3n) is 7.23. The molecule has 0 aromatic carbocycles. The predicted molar refractivity (Wildman–Crippen MR) is 177 cm³/mol. The molecule has 0 radical (unpaired) electrons. The summed E-state index contributed by atoms with van der Waals surface area (Å²) in [7, 11) is 0. The van der Waals surface area contributed by atoms with Gasteiger partial charge in [0.25, 0.3) is 0 Å². The smallest absolute Gasteiger partial charge is 0.356 e. The zero-order valence-electron chi connectivity index (χ0n) is 26.9. The maximum Gasteiger partial charge on any atom is 0.356 e. The molecule has 2 aliphatic heterocycles. The number of esters is 2. The minimum absolute atomic E-state index is 0.264. The van der Waals surface area contributed by atoms with Crippen LogP contribution in [0.1, 0.15) is 34.8 Å². The highest BCUT2D eigenvalue weighted by Gasteiger charge is 2.15. The summed E-state index contributed by atoms with van der Waals surface area (Å²) in [5.41, 5.74) is 2.24. The first-order chi connectivity index (χ1) is 22.9. The van der Waals surface area contributed by atoms with Crippen LogP contribution in [0.15, 0.2) is 53.5 Å². The number of carbonyl (C=O) groups is 2. The number of ether oxygens (including phenoxy) is 5. The van der Waals surface area contributed by atoms with Crippen molar-refractivity contribution in [2.24, 2.45) is 0 Å². The van der Waals surface area contributed by atoms with Gasteiger partial charge in [0.2, 0.25) is 0 Å². The van der Waals surface area contributed by atoms with E-state index in [2.05, 4.69) is 35.7 Å². The molecule has 0 atom stereocenters. The molecule has 0 amide bonds. The summed E-state index contributed by atoms with van der Waals surface area (Å²) in [5.74, 6) is 0.0140. The Bertz CT molecular complexity index is 1550. The molecule has 4 aromatic heterocycles. The second kappa shape index (κ2) is 19.3. The number of nitrogens with zero attached hydrogens (tertiary/aromatic N) is 6. The number of β-amino-alcohol motifs (C(OH)–C–C–N with tert-alkyl or cyclic N) is 1. The van der Waals surface area contributed by atoms with Gasteiger partial charge >= 0.3 is 11.9 Å². The quantitative estimate of drug-likeness (QED) is 0.241. The summed E-state index contributed by atoms with van der Waals surface area (Å²) < 4.78 is 30.5. The number of pyridine rings is 2. The second-order valence-electron chi connectivity index (χ2n) is 10.4. The SMILES string of the molecule is CCOC(=O)c1cnc2cc(Br)ccn12.CCOC(=O)c1cnc2cc(OCCN3CCOCC3)ccn12.OCCN1CCOCC1. The van der Waals surface area contributed by atoms with Crippen LogP contribution in [-0.4, -0.2) is 138 Å². The molecule has 14 nitrogen and oxygen atoms in total. The minimum Gasteiger partial charge on any atom is -0.492 e. The van der Waals surface area contributed by atoms with Crippen molar-refractivity contribution in [3.05, 3.63) is 64.9 Å². The standard InChI is InChI=1S/C16H21N3O4.C10H9BrN2O2.C6H13NO2/c1-2-22-16(20)14-12-17-15-11-13(3-4-19(14)15)23-10-7-18-5-8-21-9-6-18;1-2-15-10(14)8-6-12-9-5-7(11)3-4-13(8)9;8-4-1-7-2-5-9-6-3-7/h3-4,11-12H,2,5-10H2,1H3;3-6H,2H2,1H3;8H,1-6H2. The van der Waals surface area contributed by atoms with E-state index >= 15 is 0 Å². The first-order valence-corrected chi connectivity index (χ1v) is 16.5. The van der Waals surface area contributed by atoms with E-state index < -0.39 is 0 Å². The summed E-state index contributed by atoms with van der Waals surface area (Å²) in [6.07, 6.45) is 6.59. The van der Waals surface area contributed by atoms with Crippen LogP contribution in [-0.2, 0) is 18.9 Å². The van der Waals surface area contributed by atoms with Gasteiger partial charge in [-0.3, -0.25) is 18.6 Å². The zero-order chi connectivity index (χ0) is 33.4. The van der Waals surface area contributed by atoms with Crippen LogP contribution in [0, 0.1) is 0 Å². The van der Waals surface area contributed by atoms with Gasteiger partial charge in [0.1, 0.15) is 23.7 Å². The molecule has 2 fully saturated rings. The lowest BCUT2D eigenvalue weighted by atomic mass is 10.4. The normalized spacial score (nSPS) is 15.3. The number of aliphatic hydroxyl groups excluding tert-OH is 1. The molecule has 2 saturated heterocycles. The van der Waals surface area contributed by atoms with Crippen LogP contribution in [0.3, 0.4) is 0 Å². The predicted octanol–water partition coefficient (Wildman–Crippen LogP) is 2.81. The summed E-state index contributed by atoms with van der Waals surface area (Å²) in [6, 6.07) is 7.33. The van der Waals surface area contributed by atoms with Crippen molar-refractivity contribution in [1.29, 1.82) is 0 Å². The maximum absolute atomic E-state index is 11.8. The van der Waals surface area contributed by atoms with Gasteiger partial charge in [-0.1, -0.05) is 15.9 Å². The summed E-state index contributed by atoms with van der Waals surface area (Å²) in [4.78, 5) is 36.2. The number of imidazole rings is 2. The molecule has 0 unspecified atom stereocenters. The molecule has 0 saturated carbocycles. The number of hydrogen-bond acceptors (Lipinski definition) is 12. The van der Waals surface area contributed by atoms with Crippen LogP contribution < -0.4 is 4.74 Å². The summed E-state index contributed by atoms with van der Waals surface area (Å²) >= 11 is 3.34. The molecule has 15 heteroatoms. The molecule has 4 aromatic rings. The number of fused-ring (bicyclic) bond motifs is 2. The Kier molecular flexibility index (Phi) is 14.9. The van der Waals surface area contributed by atoms with Gasteiger partial charge < -0.3 is 28.8 Å². The Labute approximate surface area is 282 Å². The van der Waals surface area contributed by atoms with Crippen LogP contribution in [0.5, 0.6) is 5.75 Å². The monoisotopic (exact) mass is 718 g/mol. The van der Waals surface area contributed by atoms with Crippen molar-refractivity contribution in [1.82, 2.24) is 28.6 Å². The van der Waals surface area contributed by atoms with E-state index in [0.29, 0.717) is 42.5 Å². The van der Waals surface area contributed by atoms with E-state index in [1.165, 1.54) is 12.4 Å². The fourth-order valence-electron chi connectivity index (χ4n) is 4.80. The molecular formula is C32H43BrN6O8. The average Bonchev–Trinajstić information content (AvgIpc) is 3.71. The van der Waals surface area contributed by atoms with Gasteiger partial charge in [-0.05, 0) is 32.0 Å². The first-order valence-electron chi connectivity index (χ1n) is 15.7. The molecule has 256 valence electrons. The molecule has 0 bridgehead atoms. The minimum atomic E-state index is -0.374. The van der Waals surface area contributed by atoms with E-state index in [1.807, 2.05) is 24.3 Å². The third kappa shape index (κ3) is 11.0. The Morgan fingerprint density at radius 1 is 0.809 bits per heavy atom. The Balaban J connectivity index is 0.000000178. The summed E-state index contributed by atoms with van der Waals surface area (Å²) in [5, 5.41) is 8.54. The highest BCUT2D eigenvalue weighted by atomic mass is 79.9. The molecular weight excluding hydrogens is 676 g/mol. The van der Waals surface area contributed by atoms with Crippen LogP contribution >= 0.6 is 15.9 Å². The molecule has 0 spiro atoms. The molecule has 47 heavy (non-hydrogen) atoms. The molecule has 6 rings (SSSR count). The van der Waals surface area contributed by atoms with Gasteiger partial charge in [0.15, 0.2) is 11.4 Å². The van der Waals surface area contributed by atoms with E-state index in [4.69, 9.17) is 28.8 Å². The van der Waals surface area contributed by atoms with Gasteiger partial charge in [0.05, 0.1) is 58.6 Å². The fraction of sp³-hybridized carbons (Fsp3) is 0.500. The number of morpholine rings is 2. The number of aliphatic hydroxyl groups is 1. The van der Waals surface area contributed by atoms with Crippen molar-refractivity contribution in [2.45, 2.75) is 13.8 Å². The number of rotatable bonds is 10. The van der Waals surface area contributed by atoms with Crippen molar-refractivity contribution in [2.75, 3.05) is 92.1 Å².